The molecule has 4 aromatic rings. The number of aryl methyl sites for hydroxylation is 6. The fraction of sp³-hybridized carbons (Fsp3) is 0.536. The maximum atomic E-state index is 11.3. The third-order valence-corrected chi connectivity index (χ3v) is 14.9. The van der Waals surface area contributed by atoms with Gasteiger partial charge in [-0.25, -0.2) is 20.0 Å². The van der Waals surface area contributed by atoms with Gasteiger partial charge in [-0.05, 0) is 129 Å². The van der Waals surface area contributed by atoms with Gasteiger partial charge in [0.1, 0.15) is 5.69 Å². The van der Waals surface area contributed by atoms with Crippen molar-refractivity contribution in [2.75, 3.05) is 78.5 Å². The monoisotopic (exact) mass is 979 g/mol. The zero-order valence-corrected chi connectivity index (χ0v) is 44.9. The third kappa shape index (κ3) is 13.2. The van der Waals surface area contributed by atoms with E-state index in [4.69, 9.17) is 4.98 Å². The summed E-state index contributed by atoms with van der Waals surface area (Å²) in [6.45, 7) is 28.2. The van der Waals surface area contributed by atoms with Gasteiger partial charge >= 0.3 is 11.8 Å². The van der Waals surface area contributed by atoms with Gasteiger partial charge in [0.2, 0.25) is 11.4 Å². The van der Waals surface area contributed by atoms with Gasteiger partial charge in [0.25, 0.3) is 0 Å². The predicted molar refractivity (Wildman–Crippen MR) is 291 cm³/mol. The average molecular weight is 979 g/mol. The van der Waals surface area contributed by atoms with Gasteiger partial charge in [0.05, 0.1) is 57.8 Å². The number of aliphatic hydroxyl groups is 2. The van der Waals surface area contributed by atoms with Crippen LogP contribution in [0.1, 0.15) is 136 Å². The molecule has 20 N–H and O–H groups in total. The molecule has 10 bridgehead atoms. The molecule has 2 aliphatic heterocycles. The van der Waals surface area contributed by atoms with Crippen molar-refractivity contribution in [1.82, 2.24) is 29.7 Å². The Kier molecular flexibility index (Phi) is 20.4. The molecule has 0 aromatic carbocycles. The zero-order chi connectivity index (χ0) is 51.2. The van der Waals surface area contributed by atoms with Crippen molar-refractivity contribution in [3.63, 3.8) is 0 Å². The van der Waals surface area contributed by atoms with Crippen molar-refractivity contribution >= 4 is 67.2 Å². The van der Waals surface area contributed by atoms with Crippen LogP contribution in [0.3, 0.4) is 0 Å². The highest BCUT2D eigenvalue weighted by Gasteiger charge is 2.30. The lowest BCUT2D eigenvalue weighted by Gasteiger charge is -2.17. The van der Waals surface area contributed by atoms with Crippen molar-refractivity contribution in [2.24, 2.45) is 0 Å². The van der Waals surface area contributed by atoms with E-state index in [9.17, 15) is 10.2 Å². The third-order valence-electron chi connectivity index (χ3n) is 14.9. The number of aromatic amines is 4. The van der Waals surface area contributed by atoms with E-state index in [1.807, 2.05) is 0 Å². The molecule has 0 radical (unpaired) electrons. The summed E-state index contributed by atoms with van der Waals surface area (Å²) in [7, 11) is 0. The van der Waals surface area contributed by atoms with E-state index in [0.717, 1.165) is 165 Å². The highest BCUT2D eigenvalue weighted by atomic mass is 16.3. The molecule has 0 amide bonds. The molecule has 2 aliphatic rings. The van der Waals surface area contributed by atoms with Crippen LogP contribution in [-0.4, -0.2) is 130 Å². The summed E-state index contributed by atoms with van der Waals surface area (Å²) < 4.78 is 0. The highest BCUT2D eigenvalue weighted by Crippen LogP contribution is 2.39. The Labute approximate surface area is 422 Å². The van der Waals surface area contributed by atoms with Crippen molar-refractivity contribution in [2.45, 2.75) is 120 Å². The van der Waals surface area contributed by atoms with Gasteiger partial charge in [-0.3, -0.25) is 9.80 Å². The number of allylic oxidation sites excluding steroid dienone is 4. The molecule has 0 atom stereocenters. The SMILES string of the molecule is CCC1=C(C)c2nc1cc1[nH]c(cc3[nH]c(cc4[nH]c(cc5[nH+]c2C(C)=C5CC)c(C)c4CCC(O)=[NH+]CCN(CC[NH3+])CCC[NH3+])c(CC)c3CC)c(CCC(O)=[NH+]CCN(CC[NH3+])CCC[NH3+])c1C. The van der Waals surface area contributed by atoms with Crippen molar-refractivity contribution in [3.05, 3.63) is 80.4 Å². The lowest BCUT2D eigenvalue weighted by atomic mass is 9.99. The van der Waals surface area contributed by atoms with E-state index >= 15 is 0 Å². The van der Waals surface area contributed by atoms with Gasteiger partial charge in [0, 0.05) is 89.3 Å². The number of aliphatic hydroxyl groups excluding tert-OH is 2. The molecule has 6 heterocycles. The van der Waals surface area contributed by atoms with Crippen LogP contribution in [0, 0.1) is 13.8 Å². The first kappa shape index (κ1) is 54.9. The second-order valence-corrected chi connectivity index (χ2v) is 19.5. The highest BCUT2D eigenvalue weighted by molar-refractivity contribution is 5.98. The van der Waals surface area contributed by atoms with E-state index in [-0.39, 0.29) is 0 Å². The molecule has 0 aliphatic carbocycles. The maximum absolute atomic E-state index is 11.3. The van der Waals surface area contributed by atoms with Gasteiger partial charge in [-0.15, -0.1) is 0 Å². The van der Waals surface area contributed by atoms with Crippen LogP contribution >= 0.6 is 0 Å². The molecule has 0 saturated carbocycles. The van der Waals surface area contributed by atoms with E-state index < -0.39 is 0 Å². The number of hydrogen-bond acceptors (Lipinski definition) is 3. The quantitative estimate of drug-likeness (QED) is 0.0330. The second kappa shape index (κ2) is 26.3. The summed E-state index contributed by atoms with van der Waals surface area (Å²) in [4.78, 5) is 32.5. The number of quaternary nitrogens is 4. The number of hydrogen-bond donors (Lipinski definition) is 11. The van der Waals surface area contributed by atoms with Gasteiger partial charge in [-0.2, -0.15) is 0 Å². The van der Waals surface area contributed by atoms with Crippen LogP contribution in [0.4, 0.5) is 0 Å². The zero-order valence-electron chi connectivity index (χ0n) is 44.9. The normalized spacial score (nSPS) is 13.6. The van der Waals surface area contributed by atoms with Crippen molar-refractivity contribution in [1.29, 1.82) is 0 Å². The summed E-state index contributed by atoms with van der Waals surface area (Å²) >= 11 is 0. The van der Waals surface area contributed by atoms with Gasteiger partial charge in [0.15, 0.2) is 13.1 Å². The van der Waals surface area contributed by atoms with E-state index in [2.05, 4.69) is 142 Å². The molecule has 71 heavy (non-hydrogen) atoms. The predicted octanol–water partition coefficient (Wildman–Crippen LogP) is 1.49. The molecule has 0 unspecified atom stereocenters. The van der Waals surface area contributed by atoms with E-state index in [1.165, 1.54) is 50.1 Å². The summed E-state index contributed by atoms with van der Waals surface area (Å²) in [5.41, 5.74) is 38.8. The van der Waals surface area contributed by atoms with Crippen LogP contribution in [0.2, 0.25) is 0 Å². The smallest absolute Gasteiger partial charge is 0.332 e. The average Bonchev–Trinajstić information content (AvgIpc) is 4.11. The Bertz CT molecular complexity index is 2620. The van der Waals surface area contributed by atoms with Crippen molar-refractivity contribution in [3.8, 4) is 0 Å². The Morgan fingerprint density at radius 3 is 1.46 bits per heavy atom. The number of fused-ring (bicyclic) bond motifs is 11. The molecule has 15 heteroatoms. The molecule has 0 saturated heterocycles. The summed E-state index contributed by atoms with van der Waals surface area (Å²) in [6, 6.07) is 9.10. The Morgan fingerprint density at radius 2 is 1.01 bits per heavy atom. The molecular formula is C56H92N13O2+7. The lowest BCUT2D eigenvalue weighted by molar-refractivity contribution is -0.469. The minimum absolute atomic E-state index is 0.306. The first-order valence-corrected chi connectivity index (χ1v) is 27.0. The van der Waals surface area contributed by atoms with Crippen LogP contribution in [0.25, 0.3) is 55.4 Å². The second-order valence-electron chi connectivity index (χ2n) is 19.5. The maximum Gasteiger partial charge on any atom is 0.332 e. The first-order valence-electron chi connectivity index (χ1n) is 27.0. The summed E-state index contributed by atoms with van der Waals surface area (Å²) in [6.07, 6.45) is 7.88. The van der Waals surface area contributed by atoms with Gasteiger partial charge < -0.3 is 48.1 Å². The molecule has 4 aromatic heterocycles. The van der Waals surface area contributed by atoms with Crippen molar-refractivity contribution < 1.29 is 48.1 Å². The molecule has 15 nitrogen and oxygen atoms in total. The molecular weight excluding hydrogens is 887 g/mol. The minimum Gasteiger partial charge on any atom is -0.464 e. The van der Waals surface area contributed by atoms with Crippen LogP contribution in [0.5, 0.6) is 0 Å². The summed E-state index contributed by atoms with van der Waals surface area (Å²) in [5, 5.41) is 22.6. The standard InChI is InChI=1S/C56H85N13O2/c1-9-39-37(7)55-56-38(8)40(10-2)48(67-56)32-46-36(6)44(16-18-54(71)62-24-30-69(28-22-60)26-14-20-58)52(64-46)34-50-42(12-4)41(11-3)49(65-50)33-51-43(35(5)45(63-51)31-47(39)66-55)15-17-53(70)61-23-29-68(27-21-59)25-13-19-57/h31-34,63-65H,9-30,57-60H2,1-8H3,(H,61,70)(H,62,71)/p+7. The molecule has 6 rings (SSSR count). The number of aromatic nitrogens is 5. The Morgan fingerprint density at radius 1 is 0.549 bits per heavy atom. The van der Waals surface area contributed by atoms with E-state index in [1.54, 1.807) is 0 Å². The number of rotatable bonds is 26. The topological polar surface area (TPSA) is 260 Å². The fourth-order valence-electron chi connectivity index (χ4n) is 10.8. The number of H-pyrrole nitrogens is 4. The Hall–Kier alpha value is -5.42. The van der Waals surface area contributed by atoms with E-state index in [0.29, 0.717) is 50.6 Å². The summed E-state index contributed by atoms with van der Waals surface area (Å²) in [5.74, 6) is 0.614. The van der Waals surface area contributed by atoms with Crippen LogP contribution in [0.15, 0.2) is 24.3 Å². The van der Waals surface area contributed by atoms with Crippen LogP contribution < -0.4 is 37.9 Å². The fourth-order valence-corrected chi connectivity index (χ4v) is 10.8. The first-order chi connectivity index (χ1) is 34.3. The lowest BCUT2D eigenvalue weighted by Crippen LogP contribution is -2.75. The minimum atomic E-state index is 0.306. The largest absolute Gasteiger partial charge is 0.464 e. The molecule has 0 spiro atoms. The molecule has 0 fully saturated rings. The Balaban J connectivity index is 1.55. The molecule has 386 valence electrons. The van der Waals surface area contributed by atoms with Gasteiger partial charge in [-0.1, -0.05) is 27.7 Å². The van der Waals surface area contributed by atoms with Crippen LogP contribution in [-0.2, 0) is 25.7 Å². The number of nitrogens with one attached hydrogen (secondary N) is 6. The number of nitrogens with zero attached hydrogens (tertiary/aromatic N) is 3.